The van der Waals surface area contributed by atoms with Gasteiger partial charge < -0.3 is 25.5 Å². The van der Waals surface area contributed by atoms with Crippen molar-refractivity contribution in [2.45, 2.75) is 6.10 Å². The monoisotopic (exact) mass is 226 g/mol. The van der Waals surface area contributed by atoms with Gasteiger partial charge in [0, 0.05) is 6.54 Å². The Bertz CT molecular complexity index is 400. The lowest BCUT2D eigenvalue weighted by atomic mass is 10.3. The summed E-state index contributed by atoms with van der Waals surface area (Å²) in [6.45, 7) is 2.27. The average Bonchev–Trinajstić information content (AvgIpc) is 2.32. The van der Waals surface area contributed by atoms with Crippen LogP contribution in [-0.2, 0) is 9.47 Å². The molecule has 0 aliphatic carbocycles. The number of ether oxygens (including phenoxy) is 2. The maximum atomic E-state index is 11.2. The topological polar surface area (TPSA) is 102 Å². The van der Waals surface area contributed by atoms with E-state index in [1.807, 2.05) is 0 Å². The fraction of sp³-hybridized carbons (Fsp3) is 0.556. The Morgan fingerprint density at radius 1 is 1.62 bits per heavy atom. The van der Waals surface area contributed by atoms with E-state index in [9.17, 15) is 4.79 Å². The number of aromatic amines is 1. The van der Waals surface area contributed by atoms with Gasteiger partial charge in [-0.05, 0) is 0 Å². The molecule has 1 saturated heterocycles. The van der Waals surface area contributed by atoms with Gasteiger partial charge in [-0.15, -0.1) is 0 Å². The standard InChI is InChI=1S/C9H14N4O3/c10-7-8(12-5-13-9(7)14)11-3-6-4-15-1-2-16-6/h5-6H,1-4,10H2,(H2,11,12,13,14). The van der Waals surface area contributed by atoms with E-state index in [2.05, 4.69) is 15.3 Å². The first-order valence-electron chi connectivity index (χ1n) is 5.04. The zero-order valence-electron chi connectivity index (χ0n) is 8.73. The maximum Gasteiger partial charge on any atom is 0.276 e. The molecule has 4 N–H and O–H groups in total. The molecular formula is C9H14N4O3. The third-order valence-electron chi connectivity index (χ3n) is 2.27. The Hall–Kier alpha value is -1.60. The molecule has 0 saturated carbocycles. The summed E-state index contributed by atoms with van der Waals surface area (Å²) in [5.41, 5.74) is 5.29. The molecule has 1 unspecified atom stereocenters. The smallest absolute Gasteiger partial charge is 0.276 e. The van der Waals surface area contributed by atoms with Gasteiger partial charge in [-0.2, -0.15) is 0 Å². The predicted molar refractivity (Wildman–Crippen MR) is 58.3 cm³/mol. The highest BCUT2D eigenvalue weighted by molar-refractivity contribution is 5.58. The molecule has 2 heterocycles. The Balaban J connectivity index is 1.93. The van der Waals surface area contributed by atoms with E-state index in [-0.39, 0.29) is 17.4 Å². The first-order valence-corrected chi connectivity index (χ1v) is 5.04. The van der Waals surface area contributed by atoms with Crippen LogP contribution in [-0.4, -0.2) is 42.4 Å². The Kier molecular flexibility index (Phi) is 3.37. The van der Waals surface area contributed by atoms with E-state index >= 15 is 0 Å². The Labute approximate surface area is 92.0 Å². The zero-order valence-corrected chi connectivity index (χ0v) is 8.73. The Morgan fingerprint density at radius 3 is 3.25 bits per heavy atom. The van der Waals surface area contributed by atoms with Crippen LogP contribution in [0.3, 0.4) is 0 Å². The average molecular weight is 226 g/mol. The molecule has 1 aromatic heterocycles. The summed E-state index contributed by atoms with van der Waals surface area (Å²) in [5, 5.41) is 2.96. The van der Waals surface area contributed by atoms with Crippen molar-refractivity contribution in [2.75, 3.05) is 37.4 Å². The first-order chi connectivity index (χ1) is 7.77. The molecular weight excluding hydrogens is 212 g/mol. The number of nitrogens with one attached hydrogen (secondary N) is 2. The highest BCUT2D eigenvalue weighted by Crippen LogP contribution is 2.08. The number of H-pyrrole nitrogens is 1. The van der Waals surface area contributed by atoms with Gasteiger partial charge in [0.25, 0.3) is 5.56 Å². The molecule has 0 spiro atoms. The van der Waals surface area contributed by atoms with Crippen LogP contribution < -0.4 is 16.6 Å². The van der Waals surface area contributed by atoms with Crippen molar-refractivity contribution in [3.05, 3.63) is 16.7 Å². The summed E-state index contributed by atoms with van der Waals surface area (Å²) in [6, 6.07) is 0. The molecule has 1 aromatic rings. The summed E-state index contributed by atoms with van der Waals surface area (Å²) in [4.78, 5) is 17.5. The predicted octanol–water partition coefficient (Wildman–Crippen LogP) is -0.821. The molecule has 7 nitrogen and oxygen atoms in total. The maximum absolute atomic E-state index is 11.2. The molecule has 1 aliphatic heterocycles. The second-order valence-corrected chi connectivity index (χ2v) is 3.44. The lowest BCUT2D eigenvalue weighted by Crippen LogP contribution is -2.34. The van der Waals surface area contributed by atoms with Gasteiger partial charge in [0.05, 0.1) is 32.3 Å². The van der Waals surface area contributed by atoms with E-state index in [1.54, 1.807) is 0 Å². The largest absolute Gasteiger partial charge is 0.391 e. The van der Waals surface area contributed by atoms with Gasteiger partial charge in [0.1, 0.15) is 5.69 Å². The van der Waals surface area contributed by atoms with Crippen LogP contribution in [0, 0.1) is 0 Å². The number of nitrogens with two attached hydrogens (primary N) is 1. The van der Waals surface area contributed by atoms with Gasteiger partial charge in [0.2, 0.25) is 0 Å². The summed E-state index contributed by atoms with van der Waals surface area (Å²) in [6.07, 6.45) is 1.27. The van der Waals surface area contributed by atoms with Crippen LogP contribution in [0.15, 0.2) is 11.1 Å². The van der Waals surface area contributed by atoms with Gasteiger partial charge >= 0.3 is 0 Å². The zero-order chi connectivity index (χ0) is 11.4. The number of anilines is 2. The minimum absolute atomic E-state index is 0.0331. The second kappa shape index (κ2) is 4.95. The summed E-state index contributed by atoms with van der Waals surface area (Å²) >= 11 is 0. The number of hydrogen-bond acceptors (Lipinski definition) is 6. The van der Waals surface area contributed by atoms with E-state index in [1.165, 1.54) is 6.33 Å². The van der Waals surface area contributed by atoms with Crippen molar-refractivity contribution in [3.8, 4) is 0 Å². The number of rotatable bonds is 3. The molecule has 2 rings (SSSR count). The van der Waals surface area contributed by atoms with Crippen molar-refractivity contribution < 1.29 is 9.47 Å². The first kappa shape index (κ1) is 10.9. The lowest BCUT2D eigenvalue weighted by molar-refractivity contribution is -0.0819. The molecule has 88 valence electrons. The second-order valence-electron chi connectivity index (χ2n) is 3.44. The van der Waals surface area contributed by atoms with Crippen LogP contribution in [0.2, 0.25) is 0 Å². The van der Waals surface area contributed by atoms with Crippen LogP contribution in [0.5, 0.6) is 0 Å². The molecule has 1 aliphatic rings. The van der Waals surface area contributed by atoms with E-state index in [4.69, 9.17) is 15.2 Å². The molecule has 0 radical (unpaired) electrons. The molecule has 0 aromatic carbocycles. The van der Waals surface area contributed by atoms with Gasteiger partial charge in [-0.1, -0.05) is 0 Å². The third kappa shape index (κ3) is 2.50. The number of nitrogen functional groups attached to an aromatic ring is 1. The van der Waals surface area contributed by atoms with E-state index in [0.717, 1.165) is 0 Å². The number of hydrogen-bond donors (Lipinski definition) is 3. The van der Waals surface area contributed by atoms with Crippen molar-refractivity contribution in [2.24, 2.45) is 0 Å². The highest BCUT2D eigenvalue weighted by atomic mass is 16.6. The van der Waals surface area contributed by atoms with Crippen LogP contribution in [0.1, 0.15) is 0 Å². The normalized spacial score (nSPS) is 20.6. The van der Waals surface area contributed by atoms with Crippen LogP contribution in [0.25, 0.3) is 0 Å². The van der Waals surface area contributed by atoms with Crippen molar-refractivity contribution in [1.82, 2.24) is 9.97 Å². The Morgan fingerprint density at radius 2 is 2.50 bits per heavy atom. The van der Waals surface area contributed by atoms with E-state index in [0.29, 0.717) is 32.2 Å². The molecule has 7 heteroatoms. The molecule has 0 bridgehead atoms. The lowest BCUT2D eigenvalue weighted by Gasteiger charge is -2.23. The minimum atomic E-state index is -0.349. The molecule has 0 amide bonds. The summed E-state index contributed by atoms with van der Waals surface area (Å²) in [7, 11) is 0. The molecule has 1 atom stereocenters. The van der Waals surface area contributed by atoms with Crippen molar-refractivity contribution >= 4 is 11.5 Å². The van der Waals surface area contributed by atoms with E-state index < -0.39 is 0 Å². The third-order valence-corrected chi connectivity index (χ3v) is 2.27. The summed E-state index contributed by atoms with van der Waals surface area (Å²) < 4.78 is 10.7. The quantitative estimate of drug-likeness (QED) is 0.622. The fourth-order valence-electron chi connectivity index (χ4n) is 1.42. The van der Waals surface area contributed by atoms with Crippen LogP contribution in [0.4, 0.5) is 11.5 Å². The summed E-state index contributed by atoms with van der Waals surface area (Å²) in [5.74, 6) is 0.373. The van der Waals surface area contributed by atoms with Crippen molar-refractivity contribution in [1.29, 1.82) is 0 Å². The number of aromatic nitrogens is 2. The van der Waals surface area contributed by atoms with Gasteiger partial charge in [0.15, 0.2) is 5.82 Å². The molecule has 16 heavy (non-hydrogen) atoms. The van der Waals surface area contributed by atoms with Crippen LogP contribution >= 0.6 is 0 Å². The van der Waals surface area contributed by atoms with Gasteiger partial charge in [-0.25, -0.2) is 4.98 Å². The SMILES string of the molecule is Nc1c(NCC2COCCO2)nc[nH]c1=O. The fourth-order valence-corrected chi connectivity index (χ4v) is 1.42. The molecule has 1 fully saturated rings. The minimum Gasteiger partial charge on any atom is -0.391 e. The van der Waals surface area contributed by atoms with Gasteiger partial charge in [-0.3, -0.25) is 4.79 Å². The highest BCUT2D eigenvalue weighted by Gasteiger charge is 2.14. The number of nitrogens with zero attached hydrogens (tertiary/aromatic N) is 1. The van der Waals surface area contributed by atoms with Crippen molar-refractivity contribution in [3.63, 3.8) is 0 Å².